The number of primary amides is 1. The van der Waals surface area contributed by atoms with Gasteiger partial charge in [0.25, 0.3) is 6.08 Å². The van der Waals surface area contributed by atoms with E-state index in [1.165, 1.54) is 19.3 Å². The number of nitrogens with zero attached hydrogens (tertiary/aromatic N) is 4. The minimum absolute atomic E-state index is 0.162. The SMILES string of the molecule is Cn1c(C(=O)c2ccc(-c3cnc4[nH]cc(C=CC(N)=O)c4n3)cc2)cnc1F. The highest BCUT2D eigenvalue weighted by atomic mass is 19.1. The van der Waals surface area contributed by atoms with Crippen LogP contribution in [0.5, 0.6) is 0 Å². The molecule has 3 N–H and O–H groups in total. The topological polar surface area (TPSA) is 120 Å². The lowest BCUT2D eigenvalue weighted by Gasteiger charge is -2.05. The molecule has 0 aliphatic heterocycles. The number of benzene rings is 1. The molecular formula is C20H15FN6O2. The van der Waals surface area contributed by atoms with Crippen molar-refractivity contribution in [3.05, 3.63) is 71.8 Å². The van der Waals surface area contributed by atoms with Crippen LogP contribution in [-0.4, -0.2) is 36.2 Å². The summed E-state index contributed by atoms with van der Waals surface area (Å²) in [6.45, 7) is 0. The maximum Gasteiger partial charge on any atom is 0.289 e. The van der Waals surface area contributed by atoms with Gasteiger partial charge in [0.15, 0.2) is 5.65 Å². The predicted octanol–water partition coefficient (Wildman–Crippen LogP) is 2.23. The summed E-state index contributed by atoms with van der Waals surface area (Å²) in [5, 5.41) is 0. The Kier molecular flexibility index (Phi) is 4.47. The molecule has 29 heavy (non-hydrogen) atoms. The van der Waals surface area contributed by atoms with E-state index in [9.17, 15) is 14.0 Å². The van der Waals surface area contributed by atoms with Crippen molar-refractivity contribution in [2.75, 3.05) is 0 Å². The van der Waals surface area contributed by atoms with E-state index in [1.54, 1.807) is 42.7 Å². The second-order valence-electron chi connectivity index (χ2n) is 6.31. The van der Waals surface area contributed by atoms with Crippen LogP contribution in [0.15, 0.2) is 48.9 Å². The number of hydrogen-bond donors (Lipinski definition) is 2. The molecule has 0 saturated carbocycles. The maximum atomic E-state index is 13.4. The molecule has 0 fully saturated rings. The zero-order chi connectivity index (χ0) is 20.5. The second kappa shape index (κ2) is 7.12. The summed E-state index contributed by atoms with van der Waals surface area (Å²) in [5.74, 6) is -0.890. The molecule has 3 aromatic heterocycles. The number of ketones is 1. The predicted molar refractivity (Wildman–Crippen MR) is 104 cm³/mol. The fraction of sp³-hybridized carbons (Fsp3) is 0.0500. The third kappa shape index (κ3) is 3.41. The number of carbonyl (C=O) groups is 2. The van der Waals surface area contributed by atoms with Gasteiger partial charge in [-0.25, -0.2) is 15.0 Å². The molecule has 0 aliphatic carbocycles. The van der Waals surface area contributed by atoms with Gasteiger partial charge in [-0.2, -0.15) is 4.39 Å². The van der Waals surface area contributed by atoms with Crippen molar-refractivity contribution in [2.24, 2.45) is 12.8 Å². The molecule has 0 atom stereocenters. The van der Waals surface area contributed by atoms with Crippen molar-refractivity contribution < 1.29 is 14.0 Å². The number of carbonyl (C=O) groups excluding carboxylic acids is 2. The second-order valence-corrected chi connectivity index (χ2v) is 6.31. The van der Waals surface area contributed by atoms with Gasteiger partial charge in [-0.1, -0.05) is 24.3 Å². The highest BCUT2D eigenvalue weighted by Crippen LogP contribution is 2.23. The van der Waals surface area contributed by atoms with Gasteiger partial charge in [0.05, 0.1) is 18.1 Å². The number of H-pyrrole nitrogens is 1. The van der Waals surface area contributed by atoms with Gasteiger partial charge >= 0.3 is 0 Å². The molecular weight excluding hydrogens is 375 g/mol. The Morgan fingerprint density at radius 3 is 2.59 bits per heavy atom. The molecule has 0 aliphatic rings. The zero-order valence-corrected chi connectivity index (χ0v) is 15.3. The first-order chi connectivity index (χ1) is 13.9. The Hall–Kier alpha value is -4.14. The highest BCUT2D eigenvalue weighted by Gasteiger charge is 2.16. The summed E-state index contributed by atoms with van der Waals surface area (Å²) in [6.07, 6.45) is 6.59. The minimum Gasteiger partial charge on any atom is -0.366 e. The minimum atomic E-state index is -0.721. The van der Waals surface area contributed by atoms with Gasteiger partial charge in [-0.3, -0.25) is 9.59 Å². The van der Waals surface area contributed by atoms with Crippen LogP contribution in [0.25, 0.3) is 28.5 Å². The normalized spacial score (nSPS) is 11.4. The molecule has 0 spiro atoms. The third-order valence-corrected chi connectivity index (χ3v) is 4.44. The number of fused-ring (bicyclic) bond motifs is 1. The molecule has 4 aromatic rings. The van der Waals surface area contributed by atoms with E-state index in [0.717, 1.165) is 10.1 Å². The molecule has 9 heteroatoms. The average molecular weight is 390 g/mol. The lowest BCUT2D eigenvalue weighted by Crippen LogP contribution is -2.08. The number of aromatic nitrogens is 5. The fourth-order valence-corrected chi connectivity index (χ4v) is 2.89. The zero-order valence-electron chi connectivity index (χ0n) is 15.3. The average Bonchev–Trinajstić information content (AvgIpc) is 3.28. The van der Waals surface area contributed by atoms with Crippen molar-refractivity contribution in [1.82, 2.24) is 24.5 Å². The van der Waals surface area contributed by atoms with E-state index in [2.05, 4.69) is 19.9 Å². The highest BCUT2D eigenvalue weighted by molar-refractivity contribution is 6.08. The van der Waals surface area contributed by atoms with E-state index < -0.39 is 12.0 Å². The fourth-order valence-electron chi connectivity index (χ4n) is 2.89. The Bertz CT molecular complexity index is 1270. The molecule has 1 aromatic carbocycles. The van der Waals surface area contributed by atoms with Crippen LogP contribution < -0.4 is 5.73 Å². The Balaban J connectivity index is 1.66. The molecule has 0 radical (unpaired) electrons. The number of aromatic amines is 1. The molecule has 0 bridgehead atoms. The van der Waals surface area contributed by atoms with Gasteiger partial charge in [0.1, 0.15) is 11.2 Å². The van der Waals surface area contributed by atoms with Crippen molar-refractivity contribution in [3.63, 3.8) is 0 Å². The van der Waals surface area contributed by atoms with Gasteiger partial charge in [-0.15, -0.1) is 0 Å². The largest absolute Gasteiger partial charge is 0.366 e. The van der Waals surface area contributed by atoms with Crippen molar-refractivity contribution in [1.29, 1.82) is 0 Å². The van der Waals surface area contributed by atoms with Crippen LogP contribution in [0.4, 0.5) is 4.39 Å². The number of rotatable bonds is 5. The monoisotopic (exact) mass is 390 g/mol. The number of nitrogens with two attached hydrogens (primary N) is 1. The van der Waals surface area contributed by atoms with E-state index in [-0.39, 0.29) is 11.5 Å². The lowest BCUT2D eigenvalue weighted by atomic mass is 10.0. The first-order valence-electron chi connectivity index (χ1n) is 8.58. The van der Waals surface area contributed by atoms with E-state index >= 15 is 0 Å². The number of amides is 1. The first kappa shape index (κ1) is 18.2. The van der Waals surface area contributed by atoms with Crippen molar-refractivity contribution in [2.45, 2.75) is 0 Å². The lowest BCUT2D eigenvalue weighted by molar-refractivity contribution is -0.113. The number of nitrogens with one attached hydrogen (secondary N) is 1. The Morgan fingerprint density at radius 2 is 1.93 bits per heavy atom. The number of imidazole rings is 1. The summed E-state index contributed by atoms with van der Waals surface area (Å²) in [7, 11) is 1.44. The molecule has 0 unspecified atom stereocenters. The van der Waals surface area contributed by atoms with Gasteiger partial charge in [0, 0.05) is 36.0 Å². The van der Waals surface area contributed by atoms with E-state index in [4.69, 9.17) is 5.73 Å². The van der Waals surface area contributed by atoms with Crippen LogP contribution in [0, 0.1) is 6.08 Å². The van der Waals surface area contributed by atoms with Crippen LogP contribution in [0.1, 0.15) is 21.6 Å². The molecule has 3 heterocycles. The molecule has 4 rings (SSSR count). The smallest absolute Gasteiger partial charge is 0.289 e. The summed E-state index contributed by atoms with van der Waals surface area (Å²) in [5.41, 5.74) is 8.88. The maximum absolute atomic E-state index is 13.4. The molecule has 8 nitrogen and oxygen atoms in total. The van der Waals surface area contributed by atoms with Crippen molar-refractivity contribution in [3.8, 4) is 11.3 Å². The summed E-state index contributed by atoms with van der Waals surface area (Å²) in [4.78, 5) is 38.9. The quantitative estimate of drug-likeness (QED) is 0.400. The standard InChI is InChI=1S/C20H15FN6O2/c1-27-15(10-25-20(27)21)18(29)12-4-2-11(3-5-12)14-9-24-19-17(26-14)13(8-23-19)6-7-16(22)28/h2-10H,1H3,(H2,22,28)(H,23,24). The van der Waals surface area contributed by atoms with E-state index in [0.29, 0.717) is 28.0 Å². The summed E-state index contributed by atoms with van der Waals surface area (Å²) >= 11 is 0. The Morgan fingerprint density at radius 1 is 1.17 bits per heavy atom. The Labute approximate surface area is 163 Å². The van der Waals surface area contributed by atoms with Gasteiger partial charge in [0.2, 0.25) is 11.7 Å². The van der Waals surface area contributed by atoms with Crippen LogP contribution in [-0.2, 0) is 11.8 Å². The molecule has 144 valence electrons. The van der Waals surface area contributed by atoms with Crippen LogP contribution in [0.2, 0.25) is 0 Å². The summed E-state index contributed by atoms with van der Waals surface area (Å²) in [6, 6.07) is 6.75. The van der Waals surface area contributed by atoms with Crippen LogP contribution >= 0.6 is 0 Å². The third-order valence-electron chi connectivity index (χ3n) is 4.44. The molecule has 1 amide bonds. The number of hydrogen-bond acceptors (Lipinski definition) is 5. The van der Waals surface area contributed by atoms with E-state index in [1.807, 2.05) is 0 Å². The van der Waals surface area contributed by atoms with Gasteiger partial charge < -0.3 is 15.3 Å². The number of halogens is 1. The van der Waals surface area contributed by atoms with Crippen LogP contribution in [0.3, 0.4) is 0 Å². The molecule has 0 saturated heterocycles. The van der Waals surface area contributed by atoms with Gasteiger partial charge in [-0.05, 0) is 6.08 Å². The first-order valence-corrected chi connectivity index (χ1v) is 8.58. The van der Waals surface area contributed by atoms with Crippen molar-refractivity contribution >= 4 is 28.9 Å². The summed E-state index contributed by atoms with van der Waals surface area (Å²) < 4.78 is 14.5.